The maximum atomic E-state index is 13.5. The topological polar surface area (TPSA) is 44.8 Å². The van der Waals surface area contributed by atoms with Gasteiger partial charge in [-0.25, -0.2) is 4.57 Å². The first-order chi connectivity index (χ1) is 12.0. The Hall–Kier alpha value is -1.98. The Kier molecular flexibility index (Phi) is 6.04. The van der Waals surface area contributed by atoms with Crippen LogP contribution in [0, 0.1) is 5.41 Å². The van der Waals surface area contributed by atoms with Crippen LogP contribution in [0.15, 0.2) is 60.7 Å². The molecule has 0 fully saturated rings. The number of alkyl halides is 3. The molecule has 0 saturated carbocycles. The van der Waals surface area contributed by atoms with Crippen LogP contribution < -0.4 is 9.05 Å². The third-order valence-electron chi connectivity index (χ3n) is 3.24. The monoisotopic (exact) mass is 388 g/mol. The van der Waals surface area contributed by atoms with Crippen LogP contribution in [-0.4, -0.2) is 12.3 Å². The number of halogens is 3. The summed E-state index contributed by atoms with van der Waals surface area (Å²) in [5.41, 5.74) is -1.38. The molecule has 2 aromatic carbocycles. The predicted molar refractivity (Wildman–Crippen MR) is 92.1 cm³/mol. The molecule has 0 radical (unpaired) electrons. The minimum absolute atomic E-state index is 0.0709. The van der Waals surface area contributed by atoms with Crippen LogP contribution in [0.3, 0.4) is 0 Å². The van der Waals surface area contributed by atoms with Crippen molar-refractivity contribution in [2.24, 2.45) is 5.41 Å². The normalized spacial score (nSPS) is 13.9. The fourth-order valence-electron chi connectivity index (χ4n) is 2.12. The Morgan fingerprint density at radius 3 is 1.50 bits per heavy atom. The van der Waals surface area contributed by atoms with Gasteiger partial charge in [-0.3, -0.25) is 4.52 Å². The molecule has 2 rings (SSSR count). The van der Waals surface area contributed by atoms with Crippen molar-refractivity contribution >= 4 is 7.82 Å². The van der Waals surface area contributed by atoms with Crippen LogP contribution in [-0.2, 0) is 9.09 Å². The molecular weight excluding hydrogens is 368 g/mol. The smallest absolute Gasteiger partial charge is 0.395 e. The highest BCUT2D eigenvalue weighted by Crippen LogP contribution is 2.54. The summed E-state index contributed by atoms with van der Waals surface area (Å²) in [6, 6.07) is 15.5. The number of phosphoric acid groups is 1. The van der Waals surface area contributed by atoms with Gasteiger partial charge < -0.3 is 9.05 Å². The Morgan fingerprint density at radius 1 is 0.808 bits per heavy atom. The highest BCUT2D eigenvalue weighted by molar-refractivity contribution is 7.49. The average molecular weight is 388 g/mol. The molecule has 0 amide bonds. The Morgan fingerprint density at radius 2 is 1.19 bits per heavy atom. The molecule has 4 nitrogen and oxygen atoms in total. The van der Waals surface area contributed by atoms with Gasteiger partial charge >= 0.3 is 14.0 Å². The molecule has 0 N–H and O–H groups in total. The summed E-state index contributed by atoms with van der Waals surface area (Å²) < 4.78 is 68.9. The Balaban J connectivity index is 2.37. The molecular formula is C18H20F3O4P. The second-order valence-corrected chi connectivity index (χ2v) is 8.12. The van der Waals surface area contributed by atoms with E-state index in [1.165, 1.54) is 45.0 Å². The van der Waals surface area contributed by atoms with Gasteiger partial charge in [0.25, 0.3) is 0 Å². The molecule has 0 bridgehead atoms. The van der Waals surface area contributed by atoms with Gasteiger partial charge in [0.1, 0.15) is 11.5 Å². The van der Waals surface area contributed by atoms with Crippen LogP contribution in [0.1, 0.15) is 20.8 Å². The third-order valence-corrected chi connectivity index (χ3v) is 4.58. The molecule has 0 aromatic heterocycles. The number of hydrogen-bond acceptors (Lipinski definition) is 4. The number of phosphoric ester groups is 1. The Labute approximate surface area is 150 Å². The SMILES string of the molecule is CC(C)(C)[C@H](OP(=O)(Oc1ccccc1)Oc1ccccc1)C(F)(F)F. The summed E-state index contributed by atoms with van der Waals surface area (Å²) in [5.74, 6) is 0.142. The van der Waals surface area contributed by atoms with Crippen LogP contribution in [0.4, 0.5) is 13.2 Å². The summed E-state index contributed by atoms with van der Waals surface area (Å²) >= 11 is 0. The molecule has 1 atom stereocenters. The molecule has 0 unspecified atom stereocenters. The number of benzene rings is 2. The van der Waals surface area contributed by atoms with E-state index in [9.17, 15) is 17.7 Å². The summed E-state index contributed by atoms with van der Waals surface area (Å²) in [4.78, 5) is 0. The predicted octanol–water partition coefficient (Wildman–Crippen LogP) is 6.25. The van der Waals surface area contributed by atoms with E-state index in [0.717, 1.165) is 0 Å². The van der Waals surface area contributed by atoms with Gasteiger partial charge in [-0.1, -0.05) is 57.2 Å². The van der Waals surface area contributed by atoms with Gasteiger partial charge in [0, 0.05) is 0 Å². The van der Waals surface area contributed by atoms with E-state index >= 15 is 0 Å². The maximum absolute atomic E-state index is 13.5. The van der Waals surface area contributed by atoms with E-state index < -0.39 is 25.5 Å². The minimum atomic E-state index is -4.76. The van der Waals surface area contributed by atoms with Crippen LogP contribution in [0.5, 0.6) is 11.5 Å². The summed E-state index contributed by atoms with van der Waals surface area (Å²) in [6.45, 7) is 4.00. The van der Waals surface area contributed by atoms with Gasteiger partial charge in [-0.2, -0.15) is 13.2 Å². The van der Waals surface area contributed by atoms with Gasteiger partial charge in [0.2, 0.25) is 0 Å². The van der Waals surface area contributed by atoms with Crippen molar-refractivity contribution in [3.63, 3.8) is 0 Å². The summed E-state index contributed by atoms with van der Waals surface area (Å²) in [6.07, 6.45) is -7.11. The highest BCUT2D eigenvalue weighted by Gasteiger charge is 2.53. The van der Waals surface area contributed by atoms with Crippen LogP contribution in [0.2, 0.25) is 0 Å². The number of hydrogen-bond donors (Lipinski definition) is 0. The van der Waals surface area contributed by atoms with E-state index in [1.807, 2.05) is 0 Å². The number of para-hydroxylation sites is 2. The largest absolute Gasteiger partial charge is 0.588 e. The molecule has 0 spiro atoms. The van der Waals surface area contributed by atoms with E-state index in [-0.39, 0.29) is 11.5 Å². The lowest BCUT2D eigenvalue weighted by Crippen LogP contribution is -2.42. The van der Waals surface area contributed by atoms with Gasteiger partial charge in [0.15, 0.2) is 6.10 Å². The summed E-state index contributed by atoms with van der Waals surface area (Å²) in [7, 11) is -4.63. The molecule has 8 heteroatoms. The zero-order valence-corrected chi connectivity index (χ0v) is 15.5. The van der Waals surface area contributed by atoms with Gasteiger partial charge in [-0.15, -0.1) is 0 Å². The van der Waals surface area contributed by atoms with E-state index in [4.69, 9.17) is 13.6 Å². The van der Waals surface area contributed by atoms with Crippen molar-refractivity contribution in [2.45, 2.75) is 33.1 Å². The second-order valence-electron chi connectivity index (χ2n) is 6.65. The van der Waals surface area contributed by atoms with E-state index in [0.29, 0.717) is 0 Å². The standard InChI is InChI=1S/C18H20F3O4P/c1-17(2,3)16(18(19,20)21)25-26(22,23-14-10-6-4-7-11-14)24-15-12-8-5-9-13-15/h4-13,16H,1-3H3/t16-/m0/s1. The minimum Gasteiger partial charge on any atom is -0.395 e. The average Bonchev–Trinajstić information content (AvgIpc) is 2.52. The van der Waals surface area contributed by atoms with Crippen molar-refractivity contribution in [3.8, 4) is 11.5 Å². The first-order valence-corrected chi connectivity index (χ1v) is 9.30. The van der Waals surface area contributed by atoms with Crippen LogP contribution in [0.25, 0.3) is 0 Å². The Bertz CT molecular complexity index is 683. The molecule has 2 aromatic rings. The van der Waals surface area contributed by atoms with Gasteiger partial charge in [-0.05, 0) is 29.7 Å². The highest BCUT2D eigenvalue weighted by atomic mass is 31.2. The third kappa shape index (κ3) is 5.78. The quantitative estimate of drug-likeness (QED) is 0.549. The molecule has 0 aliphatic rings. The first kappa shape index (κ1) is 20.3. The number of rotatable bonds is 6. The molecule has 26 heavy (non-hydrogen) atoms. The first-order valence-electron chi connectivity index (χ1n) is 7.84. The van der Waals surface area contributed by atoms with Crippen molar-refractivity contribution < 1.29 is 31.3 Å². The van der Waals surface area contributed by atoms with Crippen molar-refractivity contribution in [3.05, 3.63) is 60.7 Å². The lowest BCUT2D eigenvalue weighted by atomic mass is 9.89. The molecule has 0 aliphatic carbocycles. The molecule has 0 aliphatic heterocycles. The summed E-state index contributed by atoms with van der Waals surface area (Å²) in [5, 5.41) is 0. The fourth-order valence-corrected chi connectivity index (χ4v) is 3.70. The van der Waals surface area contributed by atoms with Crippen LogP contribution >= 0.6 is 7.82 Å². The lowest BCUT2D eigenvalue weighted by molar-refractivity contribution is -0.225. The molecule has 0 saturated heterocycles. The molecule has 142 valence electrons. The second kappa shape index (κ2) is 7.72. The van der Waals surface area contributed by atoms with Crippen molar-refractivity contribution in [2.75, 3.05) is 0 Å². The zero-order chi connectivity index (χ0) is 19.4. The zero-order valence-electron chi connectivity index (χ0n) is 14.6. The lowest BCUT2D eigenvalue weighted by Gasteiger charge is -2.33. The van der Waals surface area contributed by atoms with Gasteiger partial charge in [0.05, 0.1) is 0 Å². The fraction of sp³-hybridized carbons (Fsp3) is 0.333. The van der Waals surface area contributed by atoms with E-state index in [1.54, 1.807) is 36.4 Å². The van der Waals surface area contributed by atoms with Crippen molar-refractivity contribution in [1.29, 1.82) is 0 Å². The molecule has 0 heterocycles. The van der Waals surface area contributed by atoms with E-state index in [2.05, 4.69) is 0 Å². The van der Waals surface area contributed by atoms with Crippen molar-refractivity contribution in [1.82, 2.24) is 0 Å². The maximum Gasteiger partial charge on any atom is 0.588 e.